The quantitative estimate of drug-likeness (QED) is 0.300. The number of methoxy groups -OCH3 is 1. The Hall–Kier alpha value is -3.98. The summed E-state index contributed by atoms with van der Waals surface area (Å²) in [5.74, 6) is -3.02. The standard InChI is InChI=1S/C23H18N2O4/c1-14-21(17-5-3-4-6-19(17)25-14)22(27)18(13-24)20(26)12-9-15-7-10-16(11-8-15)23(28)29-2/h3-12,18,25H,1-2H3/b12-9+. The summed E-state index contributed by atoms with van der Waals surface area (Å²) in [4.78, 5) is 40.0. The fourth-order valence-corrected chi connectivity index (χ4v) is 3.11. The number of hydrogen-bond acceptors (Lipinski definition) is 5. The van der Waals surface area contributed by atoms with Gasteiger partial charge in [-0.25, -0.2) is 4.79 Å². The number of aryl methyl sites for hydroxylation is 1. The van der Waals surface area contributed by atoms with Crippen LogP contribution in [0.1, 0.15) is 32.0 Å². The van der Waals surface area contributed by atoms with Crippen LogP contribution in [0.4, 0.5) is 0 Å². The number of ether oxygens (including phenoxy) is 1. The number of nitrogens with zero attached hydrogens (tertiary/aromatic N) is 1. The molecule has 1 heterocycles. The summed E-state index contributed by atoms with van der Waals surface area (Å²) in [5, 5.41) is 10.1. The Bertz CT molecular complexity index is 1160. The molecule has 0 aliphatic heterocycles. The Labute approximate surface area is 167 Å². The largest absolute Gasteiger partial charge is 0.465 e. The summed E-state index contributed by atoms with van der Waals surface area (Å²) >= 11 is 0. The smallest absolute Gasteiger partial charge is 0.337 e. The molecule has 0 fully saturated rings. The van der Waals surface area contributed by atoms with Crippen molar-refractivity contribution in [3.05, 3.63) is 77.0 Å². The molecule has 1 aromatic heterocycles. The maximum absolute atomic E-state index is 12.9. The Balaban J connectivity index is 1.82. The van der Waals surface area contributed by atoms with Crippen molar-refractivity contribution in [3.8, 4) is 6.07 Å². The van der Waals surface area contributed by atoms with E-state index in [2.05, 4.69) is 9.72 Å². The number of para-hydroxylation sites is 1. The van der Waals surface area contributed by atoms with Gasteiger partial charge < -0.3 is 9.72 Å². The highest BCUT2D eigenvalue weighted by molar-refractivity contribution is 6.21. The molecule has 0 radical (unpaired) electrons. The van der Waals surface area contributed by atoms with E-state index >= 15 is 0 Å². The molecule has 144 valence electrons. The molecular formula is C23H18N2O4. The number of H-pyrrole nitrogens is 1. The molecule has 0 bridgehead atoms. The van der Waals surface area contributed by atoms with Gasteiger partial charge >= 0.3 is 5.97 Å². The van der Waals surface area contributed by atoms with Crippen molar-refractivity contribution in [2.24, 2.45) is 5.92 Å². The number of aromatic amines is 1. The van der Waals surface area contributed by atoms with Gasteiger partial charge in [-0.2, -0.15) is 5.26 Å². The molecule has 3 rings (SSSR count). The fourth-order valence-electron chi connectivity index (χ4n) is 3.11. The third kappa shape index (κ3) is 3.99. The number of esters is 1. The molecule has 3 aromatic rings. The first-order chi connectivity index (χ1) is 14.0. The van der Waals surface area contributed by atoms with Crippen molar-refractivity contribution < 1.29 is 19.1 Å². The molecule has 6 nitrogen and oxygen atoms in total. The second kappa shape index (κ2) is 8.36. The van der Waals surface area contributed by atoms with Crippen molar-refractivity contribution >= 4 is 34.5 Å². The third-order valence-corrected chi connectivity index (χ3v) is 4.59. The number of nitriles is 1. The molecule has 6 heteroatoms. The number of aromatic nitrogens is 1. The predicted octanol–water partition coefficient (Wildman–Crippen LogP) is 3.87. The van der Waals surface area contributed by atoms with Crippen molar-refractivity contribution in [2.45, 2.75) is 6.92 Å². The van der Waals surface area contributed by atoms with Crippen LogP contribution in [-0.2, 0) is 9.53 Å². The Morgan fingerprint density at radius 3 is 2.45 bits per heavy atom. The van der Waals surface area contributed by atoms with Gasteiger partial charge in [-0.3, -0.25) is 9.59 Å². The lowest BCUT2D eigenvalue weighted by atomic mass is 9.92. The van der Waals surface area contributed by atoms with Gasteiger partial charge in [-0.1, -0.05) is 36.4 Å². The SMILES string of the molecule is COC(=O)c1ccc(/C=C/C(=O)C(C#N)C(=O)c2c(C)[nH]c3ccccc23)cc1. The summed E-state index contributed by atoms with van der Waals surface area (Å²) in [6, 6.07) is 15.5. The van der Waals surface area contributed by atoms with Gasteiger partial charge in [0.1, 0.15) is 0 Å². The number of nitrogens with one attached hydrogen (secondary N) is 1. The van der Waals surface area contributed by atoms with E-state index in [9.17, 15) is 19.6 Å². The zero-order valence-corrected chi connectivity index (χ0v) is 15.9. The molecule has 0 saturated carbocycles. The van der Waals surface area contributed by atoms with Gasteiger partial charge in [0.05, 0.1) is 18.7 Å². The Kier molecular flexibility index (Phi) is 5.70. The summed E-state index contributed by atoms with van der Waals surface area (Å²) in [6.07, 6.45) is 2.71. The highest BCUT2D eigenvalue weighted by atomic mass is 16.5. The van der Waals surface area contributed by atoms with Gasteiger partial charge in [-0.05, 0) is 36.8 Å². The van der Waals surface area contributed by atoms with E-state index in [1.165, 1.54) is 19.3 Å². The van der Waals surface area contributed by atoms with Gasteiger partial charge in [0, 0.05) is 22.2 Å². The van der Waals surface area contributed by atoms with Crippen LogP contribution in [0.25, 0.3) is 17.0 Å². The van der Waals surface area contributed by atoms with Crippen LogP contribution in [-0.4, -0.2) is 29.6 Å². The number of fused-ring (bicyclic) bond motifs is 1. The van der Waals surface area contributed by atoms with E-state index in [-0.39, 0.29) is 0 Å². The lowest BCUT2D eigenvalue weighted by Crippen LogP contribution is -2.21. The molecule has 1 N–H and O–H groups in total. The number of hydrogen-bond donors (Lipinski definition) is 1. The van der Waals surface area contributed by atoms with Crippen LogP contribution in [0.3, 0.4) is 0 Å². The summed E-state index contributed by atoms with van der Waals surface area (Å²) in [6.45, 7) is 1.74. The van der Waals surface area contributed by atoms with E-state index in [0.717, 1.165) is 5.52 Å². The van der Waals surface area contributed by atoms with Gasteiger partial charge in [-0.15, -0.1) is 0 Å². The van der Waals surface area contributed by atoms with E-state index < -0.39 is 23.5 Å². The molecule has 2 aromatic carbocycles. The first-order valence-corrected chi connectivity index (χ1v) is 8.87. The third-order valence-electron chi connectivity index (χ3n) is 4.59. The lowest BCUT2D eigenvalue weighted by Gasteiger charge is -2.05. The second-order valence-electron chi connectivity index (χ2n) is 6.45. The van der Waals surface area contributed by atoms with Crippen LogP contribution in [0.5, 0.6) is 0 Å². The second-order valence-corrected chi connectivity index (χ2v) is 6.45. The van der Waals surface area contributed by atoms with Gasteiger partial charge in [0.2, 0.25) is 0 Å². The van der Waals surface area contributed by atoms with Gasteiger partial charge in [0.25, 0.3) is 0 Å². The minimum atomic E-state index is -1.43. The zero-order valence-electron chi connectivity index (χ0n) is 15.9. The minimum Gasteiger partial charge on any atom is -0.465 e. The van der Waals surface area contributed by atoms with Crippen LogP contribution >= 0.6 is 0 Å². The first kappa shape index (κ1) is 19.8. The highest BCUT2D eigenvalue weighted by Gasteiger charge is 2.29. The lowest BCUT2D eigenvalue weighted by molar-refractivity contribution is -0.115. The average Bonchev–Trinajstić information content (AvgIpc) is 3.08. The van der Waals surface area contributed by atoms with Crippen molar-refractivity contribution in [3.63, 3.8) is 0 Å². The maximum atomic E-state index is 12.9. The Morgan fingerprint density at radius 2 is 1.79 bits per heavy atom. The topological polar surface area (TPSA) is 100 Å². The number of carbonyl (C=O) groups excluding carboxylic acids is 3. The molecule has 0 saturated heterocycles. The maximum Gasteiger partial charge on any atom is 0.337 e. The van der Waals surface area contributed by atoms with E-state index in [0.29, 0.717) is 27.8 Å². The number of benzene rings is 2. The fraction of sp³-hybridized carbons (Fsp3) is 0.130. The molecule has 29 heavy (non-hydrogen) atoms. The summed E-state index contributed by atoms with van der Waals surface area (Å²) in [5.41, 5.74) is 2.79. The average molecular weight is 386 g/mol. The number of Topliss-reactive ketones (excluding diaryl/α,β-unsaturated/α-hetero) is 1. The number of rotatable bonds is 6. The van der Waals surface area contributed by atoms with Crippen molar-refractivity contribution in [2.75, 3.05) is 7.11 Å². The van der Waals surface area contributed by atoms with Crippen LogP contribution in [0, 0.1) is 24.2 Å². The van der Waals surface area contributed by atoms with Gasteiger partial charge in [0.15, 0.2) is 17.5 Å². The monoisotopic (exact) mass is 386 g/mol. The highest BCUT2D eigenvalue weighted by Crippen LogP contribution is 2.25. The molecule has 1 unspecified atom stereocenters. The predicted molar refractivity (Wildman–Crippen MR) is 108 cm³/mol. The molecule has 0 aliphatic carbocycles. The van der Waals surface area contributed by atoms with Crippen LogP contribution in [0.15, 0.2) is 54.6 Å². The summed E-state index contributed by atoms with van der Waals surface area (Å²) in [7, 11) is 1.29. The molecular weight excluding hydrogens is 368 g/mol. The first-order valence-electron chi connectivity index (χ1n) is 8.87. The Morgan fingerprint density at radius 1 is 1.10 bits per heavy atom. The van der Waals surface area contributed by atoms with E-state index in [1.54, 1.807) is 43.3 Å². The normalized spacial score (nSPS) is 11.9. The van der Waals surface area contributed by atoms with Crippen LogP contribution in [0.2, 0.25) is 0 Å². The molecule has 1 atom stereocenters. The van der Waals surface area contributed by atoms with Crippen molar-refractivity contribution in [1.82, 2.24) is 4.98 Å². The molecule has 0 spiro atoms. The number of ketones is 2. The van der Waals surface area contributed by atoms with Crippen molar-refractivity contribution in [1.29, 1.82) is 5.26 Å². The number of carbonyl (C=O) groups is 3. The minimum absolute atomic E-state index is 0.358. The van der Waals surface area contributed by atoms with Crippen LogP contribution < -0.4 is 0 Å². The van der Waals surface area contributed by atoms with E-state index in [4.69, 9.17) is 0 Å². The molecule has 0 aliphatic rings. The van der Waals surface area contributed by atoms with E-state index in [1.807, 2.05) is 18.2 Å². The molecule has 0 amide bonds. The summed E-state index contributed by atoms with van der Waals surface area (Å²) < 4.78 is 4.64. The zero-order chi connectivity index (χ0) is 21.0. The number of allylic oxidation sites excluding steroid dienone is 1.